The maximum atomic E-state index is 2.63. The largest absolute Gasteiger partial charge is 0.306 e. The summed E-state index contributed by atoms with van der Waals surface area (Å²) in [5.41, 5.74) is 1.45. The van der Waals surface area contributed by atoms with Crippen molar-refractivity contribution in [2.45, 2.75) is 38.9 Å². The van der Waals surface area contributed by atoms with Gasteiger partial charge in [-0.05, 0) is 84.0 Å². The summed E-state index contributed by atoms with van der Waals surface area (Å²) in [6.45, 7) is 7.07. The lowest BCUT2D eigenvalue weighted by molar-refractivity contribution is 0.122. The Labute approximate surface area is 134 Å². The average molecular weight is 310 g/mol. The molecule has 0 spiro atoms. The van der Waals surface area contributed by atoms with Crippen LogP contribution in [0.2, 0.25) is 0 Å². The molecule has 0 aromatic carbocycles. The standard InChI is InChI=1S/C17H31N3S/c1-14(19(4)5)16-6-8-20(9-7-16)12-17-10-15(13-21-17)11-18(2)3/h10,13-14,16H,6-9,11-12H2,1-5H3/t14-/m0/s1. The van der Waals surface area contributed by atoms with Gasteiger partial charge in [-0.3, -0.25) is 4.90 Å². The van der Waals surface area contributed by atoms with Crippen LogP contribution in [-0.2, 0) is 13.1 Å². The van der Waals surface area contributed by atoms with E-state index in [1.165, 1.54) is 36.4 Å². The molecule has 2 heterocycles. The molecule has 1 aromatic rings. The van der Waals surface area contributed by atoms with Gasteiger partial charge in [-0.2, -0.15) is 0 Å². The molecule has 1 fully saturated rings. The summed E-state index contributed by atoms with van der Waals surface area (Å²) in [4.78, 5) is 8.75. The summed E-state index contributed by atoms with van der Waals surface area (Å²) >= 11 is 1.92. The highest BCUT2D eigenvalue weighted by molar-refractivity contribution is 7.10. The molecular weight excluding hydrogens is 278 g/mol. The van der Waals surface area contributed by atoms with Crippen molar-refractivity contribution in [3.05, 3.63) is 21.9 Å². The summed E-state index contributed by atoms with van der Waals surface area (Å²) in [5.74, 6) is 0.865. The summed E-state index contributed by atoms with van der Waals surface area (Å²) < 4.78 is 0. The highest BCUT2D eigenvalue weighted by atomic mass is 32.1. The minimum Gasteiger partial charge on any atom is -0.306 e. The van der Waals surface area contributed by atoms with Crippen LogP contribution < -0.4 is 0 Å². The van der Waals surface area contributed by atoms with Crippen molar-refractivity contribution in [3.8, 4) is 0 Å². The molecule has 1 aromatic heterocycles. The maximum Gasteiger partial charge on any atom is 0.0328 e. The van der Waals surface area contributed by atoms with E-state index < -0.39 is 0 Å². The van der Waals surface area contributed by atoms with Crippen LogP contribution in [0.5, 0.6) is 0 Å². The van der Waals surface area contributed by atoms with E-state index in [1.54, 1.807) is 0 Å². The Bertz CT molecular complexity index is 419. The fourth-order valence-electron chi connectivity index (χ4n) is 3.19. The summed E-state index contributed by atoms with van der Waals surface area (Å²) in [5, 5.41) is 2.32. The van der Waals surface area contributed by atoms with Gasteiger partial charge in [0.05, 0.1) is 0 Å². The van der Waals surface area contributed by atoms with Crippen molar-refractivity contribution in [2.75, 3.05) is 41.3 Å². The Hall–Kier alpha value is -0.420. The number of hydrogen-bond donors (Lipinski definition) is 0. The topological polar surface area (TPSA) is 9.72 Å². The van der Waals surface area contributed by atoms with Gasteiger partial charge in [0, 0.05) is 24.0 Å². The predicted octanol–water partition coefficient (Wildman–Crippen LogP) is 2.97. The minimum atomic E-state index is 0.709. The number of hydrogen-bond acceptors (Lipinski definition) is 4. The van der Waals surface area contributed by atoms with Crippen LogP contribution in [0.15, 0.2) is 11.4 Å². The molecule has 1 aliphatic heterocycles. The van der Waals surface area contributed by atoms with Crippen LogP contribution in [0.3, 0.4) is 0 Å². The Morgan fingerprint density at radius 3 is 2.48 bits per heavy atom. The van der Waals surface area contributed by atoms with E-state index in [4.69, 9.17) is 0 Å². The first-order valence-electron chi connectivity index (χ1n) is 8.05. The molecule has 0 aliphatic carbocycles. The first-order valence-corrected chi connectivity index (χ1v) is 8.93. The molecule has 2 rings (SSSR count). The Kier molecular flexibility index (Phi) is 6.23. The van der Waals surface area contributed by atoms with Gasteiger partial charge in [0.1, 0.15) is 0 Å². The second-order valence-corrected chi connectivity index (χ2v) is 7.97. The van der Waals surface area contributed by atoms with Crippen molar-refractivity contribution in [1.29, 1.82) is 0 Å². The van der Waals surface area contributed by atoms with E-state index in [-0.39, 0.29) is 0 Å². The number of likely N-dealkylation sites (tertiary alicyclic amines) is 1. The molecule has 1 aliphatic rings. The molecule has 0 amide bonds. The van der Waals surface area contributed by atoms with Crippen LogP contribution in [0.1, 0.15) is 30.2 Å². The lowest BCUT2D eigenvalue weighted by atomic mass is 9.90. The molecule has 0 unspecified atom stereocenters. The fraction of sp³-hybridized carbons (Fsp3) is 0.765. The van der Waals surface area contributed by atoms with Gasteiger partial charge >= 0.3 is 0 Å². The van der Waals surface area contributed by atoms with Crippen molar-refractivity contribution in [1.82, 2.24) is 14.7 Å². The van der Waals surface area contributed by atoms with Crippen molar-refractivity contribution in [2.24, 2.45) is 5.92 Å². The molecule has 0 N–H and O–H groups in total. The number of piperidine rings is 1. The first kappa shape index (κ1) is 16.9. The maximum absolute atomic E-state index is 2.63. The first-order chi connectivity index (χ1) is 9.95. The monoisotopic (exact) mass is 309 g/mol. The van der Waals surface area contributed by atoms with Crippen molar-refractivity contribution >= 4 is 11.3 Å². The third kappa shape index (κ3) is 5.06. The van der Waals surface area contributed by atoms with E-state index in [0.29, 0.717) is 6.04 Å². The van der Waals surface area contributed by atoms with E-state index >= 15 is 0 Å². The smallest absolute Gasteiger partial charge is 0.0328 e. The molecule has 120 valence electrons. The summed E-state index contributed by atoms with van der Waals surface area (Å²) in [7, 11) is 8.67. The van der Waals surface area contributed by atoms with Crippen molar-refractivity contribution in [3.63, 3.8) is 0 Å². The van der Waals surface area contributed by atoms with Crippen LogP contribution in [0, 0.1) is 5.92 Å². The fourth-order valence-corrected chi connectivity index (χ4v) is 4.11. The SMILES string of the molecule is C[C@@H](C1CCN(Cc2cc(CN(C)C)cs2)CC1)N(C)C. The van der Waals surface area contributed by atoms with Gasteiger partial charge < -0.3 is 9.80 Å². The quantitative estimate of drug-likeness (QED) is 0.800. The van der Waals surface area contributed by atoms with E-state index in [2.05, 4.69) is 61.3 Å². The zero-order valence-corrected chi connectivity index (χ0v) is 15.1. The van der Waals surface area contributed by atoms with Gasteiger partial charge in [-0.1, -0.05) is 0 Å². The van der Waals surface area contributed by atoms with Crippen LogP contribution in [0.25, 0.3) is 0 Å². The van der Waals surface area contributed by atoms with Gasteiger partial charge in [0.2, 0.25) is 0 Å². The Morgan fingerprint density at radius 1 is 1.24 bits per heavy atom. The second kappa shape index (κ2) is 7.73. The molecule has 0 saturated carbocycles. The van der Waals surface area contributed by atoms with Crippen molar-refractivity contribution < 1.29 is 0 Å². The third-order valence-electron chi connectivity index (χ3n) is 4.72. The molecule has 4 heteroatoms. The second-order valence-electron chi connectivity index (χ2n) is 6.98. The molecule has 1 saturated heterocycles. The predicted molar refractivity (Wildman–Crippen MR) is 92.9 cm³/mol. The van der Waals surface area contributed by atoms with Crippen LogP contribution in [-0.4, -0.2) is 62.0 Å². The van der Waals surface area contributed by atoms with E-state index in [1.807, 2.05) is 11.3 Å². The average Bonchev–Trinajstić information content (AvgIpc) is 2.85. The third-order valence-corrected chi connectivity index (χ3v) is 5.69. The summed E-state index contributed by atoms with van der Waals surface area (Å²) in [6.07, 6.45) is 2.69. The van der Waals surface area contributed by atoms with Gasteiger partial charge in [-0.25, -0.2) is 0 Å². The molecule has 21 heavy (non-hydrogen) atoms. The number of nitrogens with zero attached hydrogens (tertiary/aromatic N) is 3. The normalized spacial score (nSPS) is 19.6. The van der Waals surface area contributed by atoms with E-state index in [0.717, 1.165) is 19.0 Å². The zero-order chi connectivity index (χ0) is 15.4. The minimum absolute atomic E-state index is 0.709. The van der Waals surface area contributed by atoms with Gasteiger partial charge in [0.15, 0.2) is 0 Å². The Morgan fingerprint density at radius 2 is 1.90 bits per heavy atom. The number of rotatable bonds is 6. The van der Waals surface area contributed by atoms with E-state index in [9.17, 15) is 0 Å². The zero-order valence-electron chi connectivity index (χ0n) is 14.3. The highest BCUT2D eigenvalue weighted by Crippen LogP contribution is 2.25. The van der Waals surface area contributed by atoms with Gasteiger partial charge in [-0.15, -0.1) is 11.3 Å². The molecule has 0 radical (unpaired) electrons. The summed E-state index contributed by atoms with van der Waals surface area (Å²) in [6, 6.07) is 3.10. The molecular formula is C17H31N3S. The van der Waals surface area contributed by atoms with Crippen LogP contribution >= 0.6 is 11.3 Å². The molecule has 3 nitrogen and oxygen atoms in total. The molecule has 0 bridgehead atoms. The van der Waals surface area contributed by atoms with Crippen LogP contribution in [0.4, 0.5) is 0 Å². The lowest BCUT2D eigenvalue weighted by Gasteiger charge is -2.37. The molecule has 1 atom stereocenters. The highest BCUT2D eigenvalue weighted by Gasteiger charge is 2.25. The lowest BCUT2D eigenvalue weighted by Crippen LogP contribution is -2.41. The Balaban J connectivity index is 1.79. The van der Waals surface area contributed by atoms with Gasteiger partial charge in [0.25, 0.3) is 0 Å². The number of thiophene rings is 1.